The molecule has 0 bridgehead atoms. The molecule has 1 N–H and O–H groups in total. The van der Waals surface area contributed by atoms with Gasteiger partial charge in [-0.05, 0) is 31.4 Å². The number of hydrogen-bond acceptors (Lipinski definition) is 6. The van der Waals surface area contributed by atoms with Gasteiger partial charge in [-0.3, -0.25) is 4.98 Å². The fraction of sp³-hybridized carbons (Fsp3) is 0.412. The molecule has 0 radical (unpaired) electrons. The van der Waals surface area contributed by atoms with Crippen molar-refractivity contribution in [1.29, 1.82) is 0 Å². The standard InChI is InChI=1S/C17H20N6O/c1-12-3-4-14(18-9-12)17(24)5-7-23(8-6-17)16-19-10-13-15(21-16)20-11-22(13)2/h3-4,9-11,24H,5-8H2,1-2H3. The number of aromatic nitrogens is 5. The van der Waals surface area contributed by atoms with Crippen molar-refractivity contribution in [3.05, 3.63) is 42.1 Å². The van der Waals surface area contributed by atoms with E-state index in [0.29, 0.717) is 37.5 Å². The molecule has 0 aromatic carbocycles. The van der Waals surface area contributed by atoms with Crippen molar-refractivity contribution in [3.8, 4) is 0 Å². The smallest absolute Gasteiger partial charge is 0.227 e. The molecule has 0 spiro atoms. The molecule has 4 rings (SSSR count). The average Bonchev–Trinajstić information content (AvgIpc) is 2.97. The summed E-state index contributed by atoms with van der Waals surface area (Å²) in [6.07, 6.45) is 6.55. The van der Waals surface area contributed by atoms with Gasteiger partial charge in [-0.15, -0.1) is 0 Å². The third kappa shape index (κ3) is 2.50. The molecule has 3 aromatic rings. The number of nitrogens with zero attached hydrogens (tertiary/aromatic N) is 6. The molecule has 0 aliphatic carbocycles. The maximum atomic E-state index is 10.9. The Bertz CT molecular complexity index is 864. The van der Waals surface area contributed by atoms with Gasteiger partial charge in [-0.25, -0.2) is 9.97 Å². The van der Waals surface area contributed by atoms with E-state index in [4.69, 9.17) is 0 Å². The number of pyridine rings is 1. The van der Waals surface area contributed by atoms with Gasteiger partial charge in [-0.2, -0.15) is 4.98 Å². The van der Waals surface area contributed by atoms with E-state index in [1.807, 2.05) is 30.7 Å². The molecule has 1 saturated heterocycles. The number of rotatable bonds is 2. The highest BCUT2D eigenvalue weighted by atomic mass is 16.3. The zero-order valence-corrected chi connectivity index (χ0v) is 13.8. The van der Waals surface area contributed by atoms with Crippen LogP contribution in [0.15, 0.2) is 30.9 Å². The first-order valence-corrected chi connectivity index (χ1v) is 8.10. The fourth-order valence-electron chi connectivity index (χ4n) is 3.13. The van der Waals surface area contributed by atoms with Crippen molar-refractivity contribution in [3.63, 3.8) is 0 Å². The lowest BCUT2D eigenvalue weighted by atomic mass is 9.87. The number of piperidine rings is 1. The van der Waals surface area contributed by atoms with E-state index in [1.165, 1.54) is 0 Å². The second-order valence-corrected chi connectivity index (χ2v) is 6.47. The predicted octanol–water partition coefficient (Wildman–Crippen LogP) is 1.55. The summed E-state index contributed by atoms with van der Waals surface area (Å²) >= 11 is 0. The molecule has 7 heteroatoms. The first-order valence-electron chi connectivity index (χ1n) is 8.10. The summed E-state index contributed by atoms with van der Waals surface area (Å²) in [6.45, 7) is 3.36. The molecule has 0 unspecified atom stereocenters. The van der Waals surface area contributed by atoms with E-state index in [0.717, 1.165) is 16.8 Å². The zero-order valence-electron chi connectivity index (χ0n) is 13.8. The highest BCUT2D eigenvalue weighted by molar-refractivity contribution is 5.70. The van der Waals surface area contributed by atoms with E-state index in [-0.39, 0.29) is 0 Å². The average molecular weight is 324 g/mol. The normalized spacial score (nSPS) is 17.4. The summed E-state index contributed by atoms with van der Waals surface area (Å²) in [5.41, 5.74) is 2.57. The lowest BCUT2D eigenvalue weighted by Gasteiger charge is -2.37. The molecular formula is C17H20N6O. The van der Waals surface area contributed by atoms with Crippen LogP contribution in [0.25, 0.3) is 11.2 Å². The van der Waals surface area contributed by atoms with Crippen LogP contribution in [0.4, 0.5) is 5.95 Å². The molecule has 1 fully saturated rings. The Morgan fingerprint density at radius 3 is 2.58 bits per heavy atom. The molecule has 0 atom stereocenters. The van der Waals surface area contributed by atoms with Crippen LogP contribution in [0.5, 0.6) is 0 Å². The first-order chi connectivity index (χ1) is 11.5. The minimum absolute atomic E-state index is 0.604. The van der Waals surface area contributed by atoms with E-state index in [9.17, 15) is 5.11 Å². The van der Waals surface area contributed by atoms with Gasteiger partial charge >= 0.3 is 0 Å². The Balaban J connectivity index is 1.53. The van der Waals surface area contributed by atoms with E-state index < -0.39 is 5.60 Å². The lowest BCUT2D eigenvalue weighted by molar-refractivity contribution is 0.00737. The van der Waals surface area contributed by atoms with Gasteiger partial charge in [0.25, 0.3) is 0 Å². The summed E-state index contributed by atoms with van der Waals surface area (Å²) in [6, 6.07) is 3.91. The second-order valence-electron chi connectivity index (χ2n) is 6.47. The van der Waals surface area contributed by atoms with Crippen molar-refractivity contribution in [2.45, 2.75) is 25.4 Å². The summed E-state index contributed by atoms with van der Waals surface area (Å²) in [5, 5.41) is 10.9. The summed E-state index contributed by atoms with van der Waals surface area (Å²) in [5.74, 6) is 0.667. The number of anilines is 1. The third-order valence-corrected chi connectivity index (χ3v) is 4.73. The van der Waals surface area contributed by atoms with Crippen molar-refractivity contribution >= 4 is 17.1 Å². The van der Waals surface area contributed by atoms with E-state index >= 15 is 0 Å². The number of aliphatic hydroxyl groups is 1. The van der Waals surface area contributed by atoms with Crippen molar-refractivity contribution < 1.29 is 5.11 Å². The van der Waals surface area contributed by atoms with Crippen LogP contribution in [0, 0.1) is 6.92 Å². The second kappa shape index (κ2) is 5.52. The first kappa shape index (κ1) is 15.0. The Hall–Kier alpha value is -2.54. The fourth-order valence-corrected chi connectivity index (χ4v) is 3.13. The van der Waals surface area contributed by atoms with Crippen LogP contribution in [0.2, 0.25) is 0 Å². The molecule has 3 aromatic heterocycles. The van der Waals surface area contributed by atoms with Crippen molar-refractivity contribution in [2.75, 3.05) is 18.0 Å². The Morgan fingerprint density at radius 1 is 1.08 bits per heavy atom. The lowest BCUT2D eigenvalue weighted by Crippen LogP contribution is -2.43. The minimum atomic E-state index is -0.876. The Labute approximate surface area is 140 Å². The quantitative estimate of drug-likeness (QED) is 0.770. The van der Waals surface area contributed by atoms with Crippen LogP contribution in [0.1, 0.15) is 24.1 Å². The zero-order chi connectivity index (χ0) is 16.7. The molecule has 7 nitrogen and oxygen atoms in total. The van der Waals surface area contributed by atoms with Gasteiger partial charge in [-0.1, -0.05) is 6.07 Å². The SMILES string of the molecule is Cc1ccc(C2(O)CCN(c3ncc4c(ncn4C)n3)CC2)nc1. The molecule has 4 heterocycles. The topological polar surface area (TPSA) is 80.0 Å². The van der Waals surface area contributed by atoms with Crippen LogP contribution < -0.4 is 4.90 Å². The third-order valence-electron chi connectivity index (χ3n) is 4.73. The molecule has 1 aliphatic heterocycles. The van der Waals surface area contributed by atoms with Gasteiger partial charge < -0.3 is 14.6 Å². The van der Waals surface area contributed by atoms with Gasteiger partial charge in [0.05, 0.1) is 18.2 Å². The van der Waals surface area contributed by atoms with Gasteiger partial charge in [0.15, 0.2) is 5.65 Å². The minimum Gasteiger partial charge on any atom is -0.383 e. The van der Waals surface area contributed by atoms with Crippen LogP contribution in [-0.2, 0) is 12.6 Å². The number of fused-ring (bicyclic) bond motifs is 1. The molecule has 0 saturated carbocycles. The molecule has 1 aliphatic rings. The molecule has 0 amide bonds. The summed E-state index contributed by atoms with van der Waals surface area (Å²) < 4.78 is 1.90. The van der Waals surface area contributed by atoms with Gasteiger partial charge in [0, 0.05) is 26.3 Å². The largest absolute Gasteiger partial charge is 0.383 e. The maximum Gasteiger partial charge on any atom is 0.227 e. The molecule has 24 heavy (non-hydrogen) atoms. The molecular weight excluding hydrogens is 304 g/mol. The summed E-state index contributed by atoms with van der Waals surface area (Å²) in [4.78, 5) is 19.8. The predicted molar refractivity (Wildman–Crippen MR) is 90.6 cm³/mol. The highest BCUT2D eigenvalue weighted by Gasteiger charge is 2.35. The number of aryl methyl sites for hydroxylation is 2. The van der Waals surface area contributed by atoms with Crippen LogP contribution in [0.3, 0.4) is 0 Å². The highest BCUT2D eigenvalue weighted by Crippen LogP contribution is 2.32. The van der Waals surface area contributed by atoms with Gasteiger partial charge in [0.2, 0.25) is 5.95 Å². The van der Waals surface area contributed by atoms with Crippen LogP contribution >= 0.6 is 0 Å². The van der Waals surface area contributed by atoms with Gasteiger partial charge in [0.1, 0.15) is 11.1 Å². The van der Waals surface area contributed by atoms with Crippen molar-refractivity contribution in [1.82, 2.24) is 24.5 Å². The summed E-state index contributed by atoms with van der Waals surface area (Å²) in [7, 11) is 1.92. The van der Waals surface area contributed by atoms with Crippen molar-refractivity contribution in [2.24, 2.45) is 7.05 Å². The van der Waals surface area contributed by atoms with E-state index in [2.05, 4.69) is 24.8 Å². The number of imidazole rings is 1. The van der Waals surface area contributed by atoms with E-state index in [1.54, 1.807) is 18.7 Å². The van der Waals surface area contributed by atoms with Crippen LogP contribution in [-0.4, -0.2) is 42.7 Å². The maximum absolute atomic E-state index is 10.9. The monoisotopic (exact) mass is 324 g/mol. The Kier molecular flexibility index (Phi) is 3.45. The molecule has 124 valence electrons. The number of hydrogen-bond donors (Lipinski definition) is 1. The Morgan fingerprint density at radius 2 is 1.88 bits per heavy atom.